The van der Waals surface area contributed by atoms with E-state index in [2.05, 4.69) is 21.4 Å². The van der Waals surface area contributed by atoms with Gasteiger partial charge in [0.2, 0.25) is 12.3 Å². The maximum Gasteiger partial charge on any atom is 0.241 e. The molecule has 0 radical (unpaired) electrons. The van der Waals surface area contributed by atoms with Crippen LogP contribution >= 0.6 is 23.2 Å². The number of piperidine rings is 1. The number of halogens is 5. The SMILES string of the molecule is C1NC2CC1C2.Cc1nc2c(F)c(-c3cccc(Cl)c3Cl)c(CCC#N)cc2c2[nH]c(C3C4CC(CC4C(F)F)N3C(=O)C3CC3)cc12. The highest BCUT2D eigenvalue weighted by atomic mass is 35.5. The molecule has 250 valence electrons. The van der Waals surface area contributed by atoms with E-state index in [0.717, 1.165) is 30.2 Å². The molecule has 1 amide bonds. The quantitative estimate of drug-likeness (QED) is 0.211. The van der Waals surface area contributed by atoms with Gasteiger partial charge in [0, 0.05) is 63.6 Å². The minimum atomic E-state index is -2.46. The number of rotatable bonds is 6. The zero-order chi connectivity index (χ0) is 33.4. The Hall–Kier alpha value is -3.32. The van der Waals surface area contributed by atoms with Crippen molar-refractivity contribution in [2.75, 3.05) is 6.54 Å². The smallest absolute Gasteiger partial charge is 0.241 e. The third kappa shape index (κ3) is 5.26. The fraction of sp³-hybridized carbons (Fsp3) is 0.486. The first-order chi connectivity index (χ1) is 23.1. The molecule has 2 N–H and O–H groups in total. The van der Waals surface area contributed by atoms with Crippen molar-refractivity contribution in [1.29, 1.82) is 5.26 Å². The Kier molecular flexibility index (Phi) is 8.13. The molecule has 11 heteroatoms. The first-order valence-corrected chi connectivity index (χ1v) is 17.7. The summed E-state index contributed by atoms with van der Waals surface area (Å²) in [5.74, 6) is -0.607. The highest BCUT2D eigenvalue weighted by molar-refractivity contribution is 6.43. The number of fused-ring (bicyclic) bond motifs is 6. The molecular weight excluding hydrogens is 658 g/mol. The van der Waals surface area contributed by atoms with Gasteiger partial charge >= 0.3 is 0 Å². The molecule has 0 spiro atoms. The van der Waals surface area contributed by atoms with Gasteiger partial charge in [0.05, 0.1) is 27.7 Å². The van der Waals surface area contributed by atoms with E-state index in [4.69, 9.17) is 23.2 Å². The Morgan fingerprint density at radius 2 is 1.94 bits per heavy atom. The molecule has 6 nitrogen and oxygen atoms in total. The minimum absolute atomic E-state index is 0.0287. The van der Waals surface area contributed by atoms with E-state index in [1.54, 1.807) is 25.1 Å². The number of hydrogen-bond donors (Lipinski definition) is 2. The van der Waals surface area contributed by atoms with Crippen LogP contribution in [0.1, 0.15) is 67.9 Å². The van der Waals surface area contributed by atoms with E-state index < -0.39 is 24.2 Å². The predicted octanol–water partition coefficient (Wildman–Crippen LogP) is 8.92. The molecule has 3 aliphatic carbocycles. The standard InChI is InChI=1S/C32H27Cl2F3N4O.C5H9N/c1-14-19-13-24(30-20-11-17(12-21(20)31(36)37)41(30)32(42)15-7-8-15)40-28(19)22-10-16(4-3-9-38)25(27(35)29(22)39-14)18-5-2-6-23(33)26(18)34;1-4-2-5(1)6-3-4/h2,5-6,10,13,15,17,20-21,30-31,40H,3-4,7-8,11-12H2,1H3;4-6H,1-3H2. The number of likely N-dealkylation sites (tertiary alicyclic amines) is 1. The molecule has 4 atom stereocenters. The molecule has 2 aromatic heterocycles. The first-order valence-electron chi connectivity index (χ1n) is 16.9. The van der Waals surface area contributed by atoms with Gasteiger partial charge in [0.1, 0.15) is 5.52 Å². The lowest BCUT2D eigenvalue weighted by Gasteiger charge is -2.38. The average molecular weight is 695 g/mol. The largest absolute Gasteiger partial charge is 0.356 e. The van der Waals surface area contributed by atoms with E-state index in [0.29, 0.717) is 46.3 Å². The van der Waals surface area contributed by atoms with Gasteiger partial charge in [0.15, 0.2) is 5.82 Å². The van der Waals surface area contributed by atoms with E-state index in [-0.39, 0.29) is 57.8 Å². The lowest BCUT2D eigenvalue weighted by Crippen LogP contribution is -2.44. The van der Waals surface area contributed by atoms with Gasteiger partial charge in [-0.05, 0) is 94.0 Å². The summed E-state index contributed by atoms with van der Waals surface area (Å²) < 4.78 is 44.7. The number of amides is 1. The van der Waals surface area contributed by atoms with Crippen LogP contribution in [0.3, 0.4) is 0 Å². The minimum Gasteiger partial charge on any atom is -0.356 e. The number of pyridine rings is 1. The molecule has 5 heterocycles. The van der Waals surface area contributed by atoms with Crippen molar-refractivity contribution in [2.24, 2.45) is 23.7 Å². The van der Waals surface area contributed by atoms with Gasteiger partial charge in [0.25, 0.3) is 0 Å². The molecule has 48 heavy (non-hydrogen) atoms. The number of hydrogen-bond acceptors (Lipinski definition) is 4. The Bertz CT molecular complexity index is 1970. The Balaban J connectivity index is 0.000000499. The van der Waals surface area contributed by atoms with Gasteiger partial charge in [-0.15, -0.1) is 0 Å². The van der Waals surface area contributed by atoms with Crippen molar-refractivity contribution in [3.05, 3.63) is 63.1 Å². The average Bonchev–Trinajstić information content (AvgIpc) is 3.53. The Morgan fingerprint density at radius 1 is 1.15 bits per heavy atom. The number of benzene rings is 2. The summed E-state index contributed by atoms with van der Waals surface area (Å²) in [6.07, 6.45) is 3.47. The summed E-state index contributed by atoms with van der Waals surface area (Å²) in [4.78, 5) is 23.3. The molecule has 4 bridgehead atoms. The number of aromatic amines is 1. The summed E-state index contributed by atoms with van der Waals surface area (Å²) >= 11 is 12.8. The van der Waals surface area contributed by atoms with Crippen LogP contribution in [0.25, 0.3) is 32.9 Å². The lowest BCUT2D eigenvalue weighted by atomic mass is 9.86. The second-order valence-electron chi connectivity index (χ2n) is 14.3. The van der Waals surface area contributed by atoms with E-state index in [9.17, 15) is 18.8 Å². The summed E-state index contributed by atoms with van der Waals surface area (Å²) in [6, 6.07) is 11.1. The number of nitrogens with zero attached hydrogens (tertiary/aromatic N) is 3. The van der Waals surface area contributed by atoms with E-state index >= 15 is 4.39 Å². The Morgan fingerprint density at radius 3 is 2.58 bits per heavy atom. The number of carbonyl (C=O) groups is 1. The number of H-pyrrole nitrogens is 1. The number of aromatic nitrogens is 2. The van der Waals surface area contributed by atoms with Gasteiger partial charge in [-0.3, -0.25) is 4.79 Å². The molecule has 3 aliphatic heterocycles. The molecule has 10 rings (SSSR count). The van der Waals surface area contributed by atoms with Crippen LogP contribution in [-0.4, -0.2) is 45.8 Å². The molecule has 6 aliphatic rings. The summed E-state index contributed by atoms with van der Waals surface area (Å²) in [6.45, 7) is 3.09. The second-order valence-corrected chi connectivity index (χ2v) is 15.1. The topological polar surface area (TPSA) is 84.8 Å². The van der Waals surface area contributed by atoms with Crippen LogP contribution in [0.2, 0.25) is 10.0 Å². The predicted molar refractivity (Wildman–Crippen MR) is 181 cm³/mol. The monoisotopic (exact) mass is 693 g/mol. The van der Waals surface area contributed by atoms with Crippen LogP contribution in [0.4, 0.5) is 13.2 Å². The maximum absolute atomic E-state index is 16.5. The molecule has 2 aromatic carbocycles. The normalized spacial score (nSPS) is 27.0. The first kappa shape index (κ1) is 31.9. The molecule has 6 fully saturated rings. The number of alkyl halides is 2. The second kappa shape index (κ2) is 12.2. The molecule has 3 saturated carbocycles. The van der Waals surface area contributed by atoms with Crippen LogP contribution in [0.15, 0.2) is 30.3 Å². The van der Waals surface area contributed by atoms with Crippen molar-refractivity contribution in [3.8, 4) is 17.2 Å². The van der Waals surface area contributed by atoms with Crippen molar-refractivity contribution in [2.45, 2.75) is 82.8 Å². The van der Waals surface area contributed by atoms with Crippen molar-refractivity contribution < 1.29 is 18.0 Å². The van der Waals surface area contributed by atoms with Gasteiger partial charge in [-0.1, -0.05) is 35.3 Å². The number of nitrogens with one attached hydrogen (secondary N) is 2. The third-order valence-corrected chi connectivity index (χ3v) is 12.1. The fourth-order valence-corrected chi connectivity index (χ4v) is 9.15. The zero-order valence-electron chi connectivity index (χ0n) is 26.5. The van der Waals surface area contributed by atoms with Crippen molar-refractivity contribution in [3.63, 3.8) is 0 Å². The fourth-order valence-electron chi connectivity index (χ4n) is 8.76. The summed E-state index contributed by atoms with van der Waals surface area (Å²) in [7, 11) is 0. The van der Waals surface area contributed by atoms with Crippen molar-refractivity contribution >= 4 is 50.9 Å². The summed E-state index contributed by atoms with van der Waals surface area (Å²) in [5.41, 5.74) is 3.25. The third-order valence-electron chi connectivity index (χ3n) is 11.3. The van der Waals surface area contributed by atoms with Crippen LogP contribution in [0.5, 0.6) is 0 Å². The maximum atomic E-state index is 16.5. The molecular formula is C37H36Cl2F3N5O. The van der Waals surface area contributed by atoms with Gasteiger partial charge in [-0.2, -0.15) is 5.26 Å². The van der Waals surface area contributed by atoms with Gasteiger partial charge in [-0.25, -0.2) is 18.2 Å². The summed E-state index contributed by atoms with van der Waals surface area (Å²) in [5, 5.41) is 14.5. The van der Waals surface area contributed by atoms with Crippen LogP contribution in [0, 0.1) is 47.7 Å². The molecule has 4 unspecified atom stereocenters. The lowest BCUT2D eigenvalue weighted by molar-refractivity contribution is -0.139. The number of carbonyl (C=O) groups excluding carboxylic acids is 1. The number of aryl methyl sites for hydroxylation is 2. The zero-order valence-corrected chi connectivity index (χ0v) is 28.0. The van der Waals surface area contributed by atoms with E-state index in [1.807, 2.05) is 17.0 Å². The number of nitriles is 1. The van der Waals surface area contributed by atoms with Gasteiger partial charge < -0.3 is 15.2 Å². The molecule has 4 aromatic rings. The van der Waals surface area contributed by atoms with E-state index in [1.165, 1.54) is 19.4 Å². The van der Waals surface area contributed by atoms with Crippen LogP contribution < -0.4 is 5.32 Å². The Labute approximate surface area is 287 Å². The van der Waals surface area contributed by atoms with Crippen molar-refractivity contribution in [1.82, 2.24) is 20.2 Å². The molecule has 3 saturated heterocycles. The highest BCUT2D eigenvalue weighted by Crippen LogP contribution is 2.56. The van der Waals surface area contributed by atoms with Crippen LogP contribution in [-0.2, 0) is 11.2 Å². The highest BCUT2D eigenvalue weighted by Gasteiger charge is 2.57.